The van der Waals surface area contributed by atoms with E-state index < -0.39 is 34.2 Å². The molecule has 37 heavy (non-hydrogen) atoms. The van der Waals surface area contributed by atoms with Gasteiger partial charge < -0.3 is 14.9 Å². The highest BCUT2D eigenvalue weighted by Crippen LogP contribution is 2.41. The number of Topliss-reactive ketones (excluding diaryl/α,β-unsaturated/α-hetero) is 1. The average Bonchev–Trinajstić information content (AvgIpc) is 3.15. The fraction of sp³-hybridized carbons (Fsp3) is 0.214. The molecule has 1 fully saturated rings. The Kier molecular flexibility index (Phi) is 7.33. The molecule has 0 bridgehead atoms. The van der Waals surface area contributed by atoms with Crippen molar-refractivity contribution in [2.24, 2.45) is 0 Å². The molecule has 1 saturated heterocycles. The van der Waals surface area contributed by atoms with Crippen molar-refractivity contribution in [1.82, 2.24) is 4.90 Å². The smallest absolute Gasteiger partial charge is 0.295 e. The van der Waals surface area contributed by atoms with Crippen molar-refractivity contribution in [1.29, 1.82) is 0 Å². The molecule has 4 rings (SSSR count). The number of nitro benzene ring substituents is 1. The van der Waals surface area contributed by atoms with Crippen LogP contribution in [0.25, 0.3) is 5.76 Å². The Bertz CT molecular complexity index is 1350. The van der Waals surface area contributed by atoms with Crippen LogP contribution in [0.5, 0.6) is 0 Å². The van der Waals surface area contributed by atoms with Crippen LogP contribution in [0.4, 0.5) is 15.8 Å². The standard InChI is InChI=1S/C28H26FN3O5/c1-3-30(4-2)22-13-7-19(8-14-22)25-24(26(33)20-9-15-23(16-10-20)32(36)37)27(34)28(35)31(25)17-18-5-11-21(29)12-6-18/h5-16,25,33H,3-4,17H2,1-2H3/b26-24-. The number of nitro groups is 1. The highest BCUT2D eigenvalue weighted by Gasteiger charge is 2.46. The molecule has 9 heteroatoms. The number of hydrogen-bond acceptors (Lipinski definition) is 6. The number of ketones is 1. The summed E-state index contributed by atoms with van der Waals surface area (Å²) in [6.07, 6.45) is 0. The van der Waals surface area contributed by atoms with Gasteiger partial charge in [0.25, 0.3) is 17.4 Å². The molecule has 0 aromatic heterocycles. The molecular weight excluding hydrogens is 477 g/mol. The normalized spacial score (nSPS) is 16.7. The van der Waals surface area contributed by atoms with E-state index in [4.69, 9.17) is 0 Å². The minimum Gasteiger partial charge on any atom is -0.507 e. The zero-order valence-corrected chi connectivity index (χ0v) is 20.4. The molecule has 1 aliphatic rings. The zero-order valence-electron chi connectivity index (χ0n) is 20.4. The van der Waals surface area contributed by atoms with Gasteiger partial charge in [0, 0.05) is 43.0 Å². The van der Waals surface area contributed by atoms with E-state index in [0.717, 1.165) is 18.8 Å². The summed E-state index contributed by atoms with van der Waals surface area (Å²) in [5.74, 6) is -2.51. The van der Waals surface area contributed by atoms with Crippen molar-refractivity contribution in [3.8, 4) is 0 Å². The number of hydrogen-bond donors (Lipinski definition) is 1. The highest BCUT2D eigenvalue weighted by molar-refractivity contribution is 6.46. The number of aliphatic hydroxyl groups excluding tert-OH is 1. The fourth-order valence-electron chi connectivity index (χ4n) is 4.53. The third-order valence-corrected chi connectivity index (χ3v) is 6.50. The summed E-state index contributed by atoms with van der Waals surface area (Å²) in [7, 11) is 0. The maximum Gasteiger partial charge on any atom is 0.295 e. The number of rotatable bonds is 8. The fourth-order valence-corrected chi connectivity index (χ4v) is 4.53. The summed E-state index contributed by atoms with van der Waals surface area (Å²) in [4.78, 5) is 40.3. The quantitative estimate of drug-likeness (QED) is 0.149. The second kappa shape index (κ2) is 10.6. The number of carbonyl (C=O) groups excluding carboxylic acids is 2. The van der Waals surface area contributed by atoms with Crippen LogP contribution in [0.2, 0.25) is 0 Å². The Balaban J connectivity index is 1.82. The Morgan fingerprint density at radius 2 is 1.57 bits per heavy atom. The van der Waals surface area contributed by atoms with Crippen molar-refractivity contribution in [2.45, 2.75) is 26.4 Å². The Morgan fingerprint density at radius 3 is 2.11 bits per heavy atom. The van der Waals surface area contributed by atoms with Gasteiger partial charge in [0.2, 0.25) is 0 Å². The van der Waals surface area contributed by atoms with Gasteiger partial charge in [-0.15, -0.1) is 0 Å². The summed E-state index contributed by atoms with van der Waals surface area (Å²) in [6, 6.07) is 17.2. The van der Waals surface area contributed by atoms with Crippen molar-refractivity contribution in [3.63, 3.8) is 0 Å². The maximum absolute atomic E-state index is 13.5. The number of carbonyl (C=O) groups is 2. The summed E-state index contributed by atoms with van der Waals surface area (Å²) in [5, 5.41) is 22.2. The predicted molar refractivity (Wildman–Crippen MR) is 137 cm³/mol. The lowest BCUT2D eigenvalue weighted by atomic mass is 9.94. The number of benzene rings is 3. The van der Waals surface area contributed by atoms with Gasteiger partial charge >= 0.3 is 0 Å². The van der Waals surface area contributed by atoms with Gasteiger partial charge in [0.05, 0.1) is 16.5 Å². The van der Waals surface area contributed by atoms with Crippen molar-refractivity contribution >= 4 is 28.8 Å². The molecule has 0 spiro atoms. The minimum absolute atomic E-state index is 0.0182. The van der Waals surface area contributed by atoms with E-state index in [-0.39, 0.29) is 23.4 Å². The van der Waals surface area contributed by atoms with Gasteiger partial charge in [0.15, 0.2) is 0 Å². The van der Waals surface area contributed by atoms with Crippen LogP contribution in [0.15, 0.2) is 78.4 Å². The molecule has 0 saturated carbocycles. The molecule has 1 N–H and O–H groups in total. The maximum atomic E-state index is 13.5. The third kappa shape index (κ3) is 5.06. The molecule has 1 atom stereocenters. The van der Waals surface area contributed by atoms with Crippen LogP contribution in [-0.4, -0.2) is 39.7 Å². The number of anilines is 1. The molecule has 3 aromatic carbocycles. The number of aliphatic hydroxyl groups is 1. The first-order valence-corrected chi connectivity index (χ1v) is 11.9. The number of likely N-dealkylation sites (tertiary alicyclic amines) is 1. The Hall–Kier alpha value is -4.53. The van der Waals surface area contributed by atoms with Gasteiger partial charge in [-0.3, -0.25) is 19.7 Å². The molecule has 1 amide bonds. The summed E-state index contributed by atoms with van der Waals surface area (Å²) < 4.78 is 13.5. The molecule has 0 aliphatic carbocycles. The first-order valence-electron chi connectivity index (χ1n) is 11.9. The topological polar surface area (TPSA) is 104 Å². The van der Waals surface area contributed by atoms with Crippen LogP contribution in [0.3, 0.4) is 0 Å². The summed E-state index contributed by atoms with van der Waals surface area (Å²) in [6.45, 7) is 5.71. The van der Waals surface area contributed by atoms with E-state index in [1.165, 1.54) is 53.4 Å². The van der Waals surface area contributed by atoms with Gasteiger partial charge in [-0.05, 0) is 61.4 Å². The van der Waals surface area contributed by atoms with E-state index in [1.54, 1.807) is 0 Å². The van der Waals surface area contributed by atoms with Crippen LogP contribution in [0.1, 0.15) is 36.6 Å². The van der Waals surface area contributed by atoms with Crippen molar-refractivity contribution < 1.29 is 24.0 Å². The molecule has 1 aliphatic heterocycles. The molecule has 8 nitrogen and oxygen atoms in total. The van der Waals surface area contributed by atoms with E-state index in [9.17, 15) is 29.2 Å². The Morgan fingerprint density at radius 1 is 0.973 bits per heavy atom. The summed E-state index contributed by atoms with van der Waals surface area (Å²) in [5.41, 5.74) is 2.09. The van der Waals surface area contributed by atoms with Crippen LogP contribution >= 0.6 is 0 Å². The van der Waals surface area contributed by atoms with Crippen LogP contribution in [0, 0.1) is 15.9 Å². The van der Waals surface area contributed by atoms with Gasteiger partial charge in [-0.1, -0.05) is 24.3 Å². The van der Waals surface area contributed by atoms with Gasteiger partial charge in [-0.2, -0.15) is 0 Å². The zero-order chi connectivity index (χ0) is 26.7. The highest BCUT2D eigenvalue weighted by atomic mass is 19.1. The lowest BCUT2D eigenvalue weighted by molar-refractivity contribution is -0.384. The van der Waals surface area contributed by atoms with Crippen molar-refractivity contribution in [3.05, 3.63) is 111 Å². The van der Waals surface area contributed by atoms with Gasteiger partial charge in [0.1, 0.15) is 11.6 Å². The van der Waals surface area contributed by atoms with E-state index in [2.05, 4.69) is 4.90 Å². The SMILES string of the molecule is CCN(CC)c1ccc(C2/C(=C(/O)c3ccc([N+](=O)[O-])cc3)C(=O)C(=O)N2Cc2ccc(F)cc2)cc1. The van der Waals surface area contributed by atoms with Crippen LogP contribution < -0.4 is 4.90 Å². The van der Waals surface area contributed by atoms with E-state index >= 15 is 0 Å². The van der Waals surface area contributed by atoms with Crippen LogP contribution in [-0.2, 0) is 16.1 Å². The second-order valence-electron chi connectivity index (χ2n) is 8.62. The third-order valence-electron chi connectivity index (χ3n) is 6.50. The lowest BCUT2D eigenvalue weighted by Gasteiger charge is -2.27. The number of nitrogens with zero attached hydrogens (tertiary/aromatic N) is 3. The Labute approximate surface area is 213 Å². The first-order chi connectivity index (χ1) is 17.7. The van der Waals surface area contributed by atoms with E-state index in [0.29, 0.717) is 11.1 Å². The average molecular weight is 504 g/mol. The lowest BCUT2D eigenvalue weighted by Crippen LogP contribution is -2.29. The van der Waals surface area contributed by atoms with Gasteiger partial charge in [-0.25, -0.2) is 4.39 Å². The molecular formula is C28H26FN3O5. The monoisotopic (exact) mass is 503 g/mol. The first kappa shape index (κ1) is 25.6. The number of amides is 1. The number of halogens is 1. The largest absolute Gasteiger partial charge is 0.507 e. The molecule has 190 valence electrons. The predicted octanol–water partition coefficient (Wildman–Crippen LogP) is 5.20. The molecule has 0 radical (unpaired) electrons. The molecule has 3 aromatic rings. The second-order valence-corrected chi connectivity index (χ2v) is 8.62. The number of non-ortho nitro benzene ring substituents is 1. The van der Waals surface area contributed by atoms with E-state index in [1.807, 2.05) is 38.1 Å². The molecule has 1 heterocycles. The summed E-state index contributed by atoms with van der Waals surface area (Å²) >= 11 is 0. The molecule has 1 unspecified atom stereocenters. The minimum atomic E-state index is -0.911. The van der Waals surface area contributed by atoms with Crippen molar-refractivity contribution in [2.75, 3.05) is 18.0 Å².